The number of hydrogen-bond acceptors (Lipinski definition) is 5. The third-order valence-electron chi connectivity index (χ3n) is 4.04. The second-order valence-electron chi connectivity index (χ2n) is 5.99. The number of benzene rings is 2. The van der Waals surface area contributed by atoms with Gasteiger partial charge in [0, 0.05) is 6.07 Å². The minimum atomic E-state index is -0.391. The molecule has 3 aromatic rings. The molecule has 1 heterocycles. The van der Waals surface area contributed by atoms with E-state index < -0.39 is 5.78 Å². The van der Waals surface area contributed by atoms with Crippen LogP contribution in [0.4, 0.5) is 0 Å². The van der Waals surface area contributed by atoms with E-state index in [1.807, 2.05) is 24.3 Å². The van der Waals surface area contributed by atoms with E-state index in [9.17, 15) is 15.0 Å². The normalized spacial score (nSPS) is 11.0. The van der Waals surface area contributed by atoms with E-state index in [2.05, 4.69) is 6.92 Å². The van der Waals surface area contributed by atoms with Crippen LogP contribution in [-0.4, -0.2) is 16.0 Å². The molecule has 0 saturated heterocycles. The monoisotopic (exact) mass is 364 g/mol. The molecule has 1 aromatic heterocycles. The van der Waals surface area contributed by atoms with Crippen molar-refractivity contribution in [3.05, 3.63) is 83.3 Å². The third kappa shape index (κ3) is 4.79. The molecule has 0 saturated carbocycles. The van der Waals surface area contributed by atoms with E-state index in [1.165, 1.54) is 29.8 Å². The fraction of sp³-hybridized carbons (Fsp3) is 0.136. The highest BCUT2D eigenvalue weighted by atomic mass is 16.5. The number of phenolic OH excluding ortho intramolecular Hbond substituents is 2. The van der Waals surface area contributed by atoms with Gasteiger partial charge in [-0.15, -0.1) is 0 Å². The Labute approximate surface area is 157 Å². The molecule has 0 atom stereocenters. The molecule has 0 radical (unpaired) electrons. The Morgan fingerprint density at radius 3 is 2.56 bits per heavy atom. The summed E-state index contributed by atoms with van der Waals surface area (Å²) >= 11 is 0. The summed E-state index contributed by atoms with van der Waals surface area (Å²) in [5, 5.41) is 19.0. The summed E-state index contributed by atoms with van der Waals surface area (Å²) in [6.07, 6.45) is 3.81. The van der Waals surface area contributed by atoms with Crippen molar-refractivity contribution in [2.45, 2.75) is 20.0 Å². The molecule has 138 valence electrons. The number of ketones is 1. The first-order valence-corrected chi connectivity index (χ1v) is 8.60. The maximum atomic E-state index is 12.1. The second-order valence-corrected chi connectivity index (χ2v) is 5.99. The van der Waals surface area contributed by atoms with Gasteiger partial charge in [-0.2, -0.15) is 0 Å². The number of ether oxygens (including phenoxy) is 1. The fourth-order valence-electron chi connectivity index (χ4n) is 2.51. The third-order valence-corrected chi connectivity index (χ3v) is 4.04. The predicted molar refractivity (Wildman–Crippen MR) is 102 cm³/mol. The van der Waals surface area contributed by atoms with Crippen LogP contribution in [0.1, 0.15) is 34.4 Å². The van der Waals surface area contributed by atoms with Gasteiger partial charge < -0.3 is 19.4 Å². The maximum absolute atomic E-state index is 12.1. The first-order valence-electron chi connectivity index (χ1n) is 8.60. The fourth-order valence-corrected chi connectivity index (χ4v) is 2.51. The lowest BCUT2D eigenvalue weighted by Crippen LogP contribution is -1.94. The van der Waals surface area contributed by atoms with Gasteiger partial charge in [-0.3, -0.25) is 4.79 Å². The standard InChI is InChI=1S/C22H20O5/c1-2-15-3-6-17(7-4-15)26-14-19-9-8-18(27-19)10-12-21(24)20-11-5-16(23)13-22(20)25/h3-13,23,25H,2,14H2,1H3/b12-10+. The Kier molecular flexibility index (Phi) is 5.61. The van der Waals surface area contributed by atoms with Crippen molar-refractivity contribution in [2.24, 2.45) is 0 Å². The zero-order valence-corrected chi connectivity index (χ0v) is 14.9. The highest BCUT2D eigenvalue weighted by molar-refractivity contribution is 6.08. The van der Waals surface area contributed by atoms with Crippen LogP contribution in [0.5, 0.6) is 17.2 Å². The molecular formula is C22H20O5. The van der Waals surface area contributed by atoms with Gasteiger partial charge in [0.1, 0.15) is 35.4 Å². The first kappa shape index (κ1) is 18.3. The van der Waals surface area contributed by atoms with Gasteiger partial charge in [0.2, 0.25) is 0 Å². The molecule has 5 heteroatoms. The average molecular weight is 364 g/mol. The van der Waals surface area contributed by atoms with Gasteiger partial charge in [0.05, 0.1) is 5.56 Å². The molecule has 2 N–H and O–H groups in total. The van der Waals surface area contributed by atoms with E-state index in [4.69, 9.17) is 9.15 Å². The summed E-state index contributed by atoms with van der Waals surface area (Å²) in [7, 11) is 0. The molecule has 2 aromatic carbocycles. The number of allylic oxidation sites excluding steroid dienone is 1. The quantitative estimate of drug-likeness (QED) is 0.468. The lowest BCUT2D eigenvalue weighted by atomic mass is 10.1. The van der Waals surface area contributed by atoms with Crippen LogP contribution in [0.2, 0.25) is 0 Å². The molecule has 0 aliphatic rings. The number of aryl methyl sites for hydroxylation is 1. The zero-order valence-electron chi connectivity index (χ0n) is 14.9. The number of furan rings is 1. The topological polar surface area (TPSA) is 79.9 Å². The van der Waals surface area contributed by atoms with Crippen molar-refractivity contribution in [1.29, 1.82) is 0 Å². The first-order chi connectivity index (χ1) is 13.0. The summed E-state index contributed by atoms with van der Waals surface area (Å²) < 4.78 is 11.3. The van der Waals surface area contributed by atoms with Gasteiger partial charge in [0.25, 0.3) is 0 Å². The van der Waals surface area contributed by atoms with Gasteiger partial charge in [0.15, 0.2) is 5.78 Å². The van der Waals surface area contributed by atoms with Crippen LogP contribution >= 0.6 is 0 Å². The SMILES string of the molecule is CCc1ccc(OCc2ccc(/C=C/C(=O)c3ccc(O)cc3O)o2)cc1. The molecule has 0 unspecified atom stereocenters. The van der Waals surface area contributed by atoms with Crippen molar-refractivity contribution in [3.63, 3.8) is 0 Å². The Balaban J connectivity index is 1.59. The number of rotatable bonds is 7. The predicted octanol–water partition coefficient (Wildman–Crippen LogP) is 4.73. The maximum Gasteiger partial charge on any atom is 0.189 e. The number of aromatic hydroxyl groups is 2. The summed E-state index contributed by atoms with van der Waals surface area (Å²) in [6.45, 7) is 2.38. The Hall–Kier alpha value is -3.47. The number of carbonyl (C=O) groups excluding carboxylic acids is 1. The number of phenols is 2. The molecule has 0 fully saturated rings. The van der Waals surface area contributed by atoms with E-state index >= 15 is 0 Å². The van der Waals surface area contributed by atoms with Gasteiger partial charge in [-0.05, 0) is 60.5 Å². The number of carbonyl (C=O) groups is 1. The largest absolute Gasteiger partial charge is 0.508 e. The average Bonchev–Trinajstić information content (AvgIpc) is 3.13. The second kappa shape index (κ2) is 8.27. The zero-order chi connectivity index (χ0) is 19.2. The van der Waals surface area contributed by atoms with E-state index in [0.29, 0.717) is 11.5 Å². The van der Waals surface area contributed by atoms with E-state index in [-0.39, 0.29) is 23.7 Å². The molecule has 5 nitrogen and oxygen atoms in total. The molecule has 0 bridgehead atoms. The minimum Gasteiger partial charge on any atom is -0.508 e. The summed E-state index contributed by atoms with van der Waals surface area (Å²) in [4.78, 5) is 12.1. The molecule has 27 heavy (non-hydrogen) atoms. The van der Waals surface area contributed by atoms with Gasteiger partial charge in [-0.1, -0.05) is 19.1 Å². The van der Waals surface area contributed by atoms with Crippen molar-refractivity contribution in [1.82, 2.24) is 0 Å². The molecule has 0 aliphatic carbocycles. The Bertz CT molecular complexity index is 951. The van der Waals surface area contributed by atoms with Crippen molar-refractivity contribution in [3.8, 4) is 17.2 Å². The molecular weight excluding hydrogens is 344 g/mol. The summed E-state index contributed by atoms with van der Waals surface area (Å²) in [5.74, 6) is 1.13. The molecule has 3 rings (SSSR count). The van der Waals surface area contributed by atoms with Crippen LogP contribution in [0, 0.1) is 0 Å². The van der Waals surface area contributed by atoms with Crippen LogP contribution in [0.3, 0.4) is 0 Å². The van der Waals surface area contributed by atoms with Gasteiger partial charge in [-0.25, -0.2) is 0 Å². The Morgan fingerprint density at radius 1 is 1.07 bits per heavy atom. The molecule has 0 amide bonds. The van der Waals surface area contributed by atoms with Crippen molar-refractivity contribution in [2.75, 3.05) is 0 Å². The van der Waals surface area contributed by atoms with E-state index in [0.717, 1.165) is 18.2 Å². The summed E-state index contributed by atoms with van der Waals surface area (Å²) in [6, 6.07) is 15.2. The highest BCUT2D eigenvalue weighted by Gasteiger charge is 2.09. The van der Waals surface area contributed by atoms with Crippen LogP contribution in [-0.2, 0) is 13.0 Å². The van der Waals surface area contributed by atoms with Crippen LogP contribution in [0.25, 0.3) is 6.08 Å². The van der Waals surface area contributed by atoms with Crippen LogP contribution < -0.4 is 4.74 Å². The van der Waals surface area contributed by atoms with Crippen LogP contribution in [0.15, 0.2) is 65.1 Å². The minimum absolute atomic E-state index is 0.104. The smallest absolute Gasteiger partial charge is 0.189 e. The van der Waals surface area contributed by atoms with E-state index in [1.54, 1.807) is 12.1 Å². The highest BCUT2D eigenvalue weighted by Crippen LogP contribution is 2.23. The van der Waals surface area contributed by atoms with Crippen molar-refractivity contribution >= 4 is 11.9 Å². The molecule has 0 aliphatic heterocycles. The van der Waals surface area contributed by atoms with Gasteiger partial charge >= 0.3 is 0 Å². The summed E-state index contributed by atoms with van der Waals surface area (Å²) in [5.41, 5.74) is 1.35. The Morgan fingerprint density at radius 2 is 1.85 bits per heavy atom. The molecule has 0 spiro atoms. The lowest BCUT2D eigenvalue weighted by Gasteiger charge is -2.04. The van der Waals surface area contributed by atoms with Crippen molar-refractivity contribution < 1.29 is 24.2 Å². The lowest BCUT2D eigenvalue weighted by molar-refractivity contribution is 0.104. The number of hydrogen-bond donors (Lipinski definition) is 2.